The summed E-state index contributed by atoms with van der Waals surface area (Å²) in [7, 11) is -3.17. The van der Waals surface area contributed by atoms with E-state index in [1.165, 1.54) is 6.08 Å². The molecule has 0 unspecified atom stereocenters. The van der Waals surface area contributed by atoms with Crippen LogP contribution in [0.2, 0.25) is 0 Å². The summed E-state index contributed by atoms with van der Waals surface area (Å²) in [5.41, 5.74) is 0. The van der Waals surface area contributed by atoms with Gasteiger partial charge in [-0.05, 0) is 13.0 Å². The summed E-state index contributed by atoms with van der Waals surface area (Å²) in [6.07, 6.45) is 3.03. The van der Waals surface area contributed by atoms with Crippen LogP contribution in [-0.4, -0.2) is 41.2 Å². The van der Waals surface area contributed by atoms with E-state index in [9.17, 15) is 13.2 Å². The fraction of sp³-hybridized carbons (Fsp3) is 0.444. The second-order valence-corrected chi connectivity index (χ2v) is 5.75. The van der Waals surface area contributed by atoms with Crippen molar-refractivity contribution in [3.05, 3.63) is 17.7 Å². The van der Waals surface area contributed by atoms with Crippen molar-refractivity contribution < 1.29 is 13.2 Å². The smallest absolute Gasteiger partial charge is 0.320 e. The molecule has 0 radical (unpaired) electrons. The molecule has 0 fully saturated rings. The first-order valence-corrected chi connectivity index (χ1v) is 7.08. The number of sulfone groups is 1. The highest BCUT2D eigenvalue weighted by Gasteiger charge is 2.23. The van der Waals surface area contributed by atoms with E-state index in [1.807, 2.05) is 6.92 Å². The van der Waals surface area contributed by atoms with E-state index < -0.39 is 21.9 Å². The van der Waals surface area contributed by atoms with E-state index in [1.54, 1.807) is 10.9 Å². The zero-order valence-electron chi connectivity index (χ0n) is 9.70. The van der Waals surface area contributed by atoms with Crippen molar-refractivity contribution in [3.8, 4) is 0 Å². The SMILES string of the molecule is CCn1cc(NC(=O)N[C@H]2C=CS(=O)(=O)C2)nn1. The van der Waals surface area contributed by atoms with Gasteiger partial charge in [-0.1, -0.05) is 5.21 Å². The van der Waals surface area contributed by atoms with Gasteiger partial charge in [0.2, 0.25) is 0 Å². The minimum Gasteiger partial charge on any atom is -0.331 e. The molecule has 2 N–H and O–H groups in total. The lowest BCUT2D eigenvalue weighted by atomic mass is 10.3. The lowest BCUT2D eigenvalue weighted by molar-refractivity contribution is 0.251. The Balaban J connectivity index is 1.88. The van der Waals surface area contributed by atoms with Crippen molar-refractivity contribution in [2.24, 2.45) is 0 Å². The Kier molecular flexibility index (Phi) is 3.32. The van der Waals surface area contributed by atoms with Gasteiger partial charge in [0.15, 0.2) is 15.7 Å². The van der Waals surface area contributed by atoms with Crippen LogP contribution in [0.5, 0.6) is 0 Å². The highest BCUT2D eigenvalue weighted by molar-refractivity contribution is 7.94. The summed E-state index contributed by atoms with van der Waals surface area (Å²) in [6.45, 7) is 2.55. The van der Waals surface area contributed by atoms with Gasteiger partial charge < -0.3 is 5.32 Å². The van der Waals surface area contributed by atoms with Gasteiger partial charge in [0.25, 0.3) is 0 Å². The molecule has 1 aliphatic heterocycles. The molecule has 0 aliphatic carbocycles. The number of carbonyl (C=O) groups is 1. The fourth-order valence-corrected chi connectivity index (χ4v) is 2.73. The Morgan fingerprint density at radius 2 is 2.39 bits per heavy atom. The molecule has 0 spiro atoms. The van der Waals surface area contributed by atoms with Crippen LogP contribution in [0, 0.1) is 0 Å². The number of hydrogen-bond donors (Lipinski definition) is 2. The minimum atomic E-state index is -3.17. The number of urea groups is 1. The Labute approximate surface area is 104 Å². The van der Waals surface area contributed by atoms with E-state index in [4.69, 9.17) is 0 Å². The van der Waals surface area contributed by atoms with Crippen LogP contribution in [0.25, 0.3) is 0 Å². The number of anilines is 1. The van der Waals surface area contributed by atoms with Crippen molar-refractivity contribution in [3.63, 3.8) is 0 Å². The second-order valence-electron chi connectivity index (χ2n) is 3.82. The summed E-state index contributed by atoms with van der Waals surface area (Å²) in [4.78, 5) is 11.5. The van der Waals surface area contributed by atoms with E-state index in [0.717, 1.165) is 5.41 Å². The van der Waals surface area contributed by atoms with Crippen LogP contribution in [0.4, 0.5) is 10.6 Å². The summed E-state index contributed by atoms with van der Waals surface area (Å²) < 4.78 is 23.8. The molecule has 8 nitrogen and oxygen atoms in total. The van der Waals surface area contributed by atoms with Crippen molar-refractivity contribution >= 4 is 21.7 Å². The van der Waals surface area contributed by atoms with Gasteiger partial charge in [-0.2, -0.15) is 0 Å². The molecule has 2 amide bonds. The maximum absolute atomic E-state index is 11.5. The normalized spacial score (nSPS) is 20.8. The van der Waals surface area contributed by atoms with E-state index >= 15 is 0 Å². The Bertz CT molecular complexity index is 577. The second kappa shape index (κ2) is 4.77. The summed E-state index contributed by atoms with van der Waals surface area (Å²) in [6, 6.07) is -1.01. The van der Waals surface area contributed by atoms with Gasteiger partial charge in [-0.25, -0.2) is 13.2 Å². The highest BCUT2D eigenvalue weighted by Crippen LogP contribution is 2.08. The quantitative estimate of drug-likeness (QED) is 0.787. The van der Waals surface area contributed by atoms with Gasteiger partial charge in [-0.15, -0.1) is 5.10 Å². The number of rotatable bonds is 3. The molecule has 0 saturated carbocycles. The lowest BCUT2D eigenvalue weighted by Crippen LogP contribution is -2.38. The third-order valence-electron chi connectivity index (χ3n) is 2.35. The third kappa shape index (κ3) is 3.06. The molecule has 9 heteroatoms. The van der Waals surface area contributed by atoms with E-state index in [-0.39, 0.29) is 5.75 Å². The Morgan fingerprint density at radius 3 is 2.94 bits per heavy atom. The van der Waals surface area contributed by atoms with Crippen molar-refractivity contribution in [1.82, 2.24) is 20.3 Å². The lowest BCUT2D eigenvalue weighted by Gasteiger charge is -2.09. The molecule has 1 aromatic heterocycles. The van der Waals surface area contributed by atoms with Crippen molar-refractivity contribution in [2.75, 3.05) is 11.1 Å². The first kappa shape index (κ1) is 12.6. The van der Waals surface area contributed by atoms with Gasteiger partial charge in [-0.3, -0.25) is 10.00 Å². The first-order chi connectivity index (χ1) is 8.48. The fourth-order valence-electron chi connectivity index (χ4n) is 1.50. The monoisotopic (exact) mass is 271 g/mol. The third-order valence-corrected chi connectivity index (χ3v) is 3.75. The van der Waals surface area contributed by atoms with Crippen molar-refractivity contribution in [1.29, 1.82) is 0 Å². The number of aryl methyl sites for hydroxylation is 1. The average molecular weight is 271 g/mol. The molecular formula is C9H13N5O3S. The topological polar surface area (TPSA) is 106 Å². The highest BCUT2D eigenvalue weighted by atomic mass is 32.2. The van der Waals surface area contributed by atoms with Gasteiger partial charge in [0.05, 0.1) is 18.0 Å². The zero-order valence-corrected chi connectivity index (χ0v) is 10.5. The Morgan fingerprint density at radius 1 is 1.61 bits per heavy atom. The Hall–Kier alpha value is -1.90. The van der Waals surface area contributed by atoms with Gasteiger partial charge in [0.1, 0.15) is 0 Å². The number of carbonyl (C=O) groups excluding carboxylic acids is 1. The van der Waals surface area contributed by atoms with Crippen molar-refractivity contribution in [2.45, 2.75) is 19.5 Å². The predicted octanol–water partition coefficient (Wildman–Crippen LogP) is -0.270. The largest absolute Gasteiger partial charge is 0.331 e. The number of hydrogen-bond acceptors (Lipinski definition) is 5. The molecule has 2 rings (SSSR count). The molecule has 1 aliphatic rings. The van der Waals surface area contributed by atoms with E-state index in [0.29, 0.717) is 12.4 Å². The molecule has 2 heterocycles. The number of nitrogens with one attached hydrogen (secondary N) is 2. The van der Waals surface area contributed by atoms with Gasteiger partial charge in [0, 0.05) is 12.0 Å². The van der Waals surface area contributed by atoms with Crippen LogP contribution in [-0.2, 0) is 16.4 Å². The molecule has 1 aromatic rings. The van der Waals surface area contributed by atoms with Crippen LogP contribution < -0.4 is 10.6 Å². The predicted molar refractivity (Wildman–Crippen MR) is 64.6 cm³/mol. The molecular weight excluding hydrogens is 258 g/mol. The standard InChI is InChI=1S/C9H13N5O3S/c1-2-14-5-8(12-13-14)11-9(15)10-7-3-4-18(16,17)6-7/h3-5,7H,2,6H2,1H3,(H2,10,11,15)/t7-/m0/s1. The van der Waals surface area contributed by atoms with Crippen LogP contribution >= 0.6 is 0 Å². The maximum atomic E-state index is 11.5. The summed E-state index contributed by atoms with van der Waals surface area (Å²) >= 11 is 0. The zero-order chi connectivity index (χ0) is 13.2. The molecule has 0 saturated heterocycles. The molecule has 1 atom stereocenters. The number of amides is 2. The van der Waals surface area contributed by atoms with E-state index in [2.05, 4.69) is 20.9 Å². The van der Waals surface area contributed by atoms with Gasteiger partial charge >= 0.3 is 6.03 Å². The summed E-state index contributed by atoms with van der Waals surface area (Å²) in [5.74, 6) is 0.210. The average Bonchev–Trinajstić information content (AvgIpc) is 2.85. The summed E-state index contributed by atoms with van der Waals surface area (Å²) in [5, 5.41) is 13.6. The number of nitrogens with zero attached hydrogens (tertiary/aromatic N) is 3. The molecule has 98 valence electrons. The number of aromatic nitrogens is 3. The van der Waals surface area contributed by atoms with Crippen LogP contribution in [0.1, 0.15) is 6.92 Å². The first-order valence-electron chi connectivity index (χ1n) is 5.37. The maximum Gasteiger partial charge on any atom is 0.320 e. The molecule has 0 bridgehead atoms. The van der Waals surface area contributed by atoms with Crippen LogP contribution in [0.15, 0.2) is 17.7 Å². The molecule has 0 aromatic carbocycles. The van der Waals surface area contributed by atoms with Crippen LogP contribution in [0.3, 0.4) is 0 Å². The molecule has 18 heavy (non-hydrogen) atoms. The minimum absolute atomic E-state index is 0.109.